The van der Waals surface area contributed by atoms with Gasteiger partial charge in [0.05, 0.1) is 11.6 Å². The van der Waals surface area contributed by atoms with Crippen LogP contribution in [0.5, 0.6) is 0 Å². The molecule has 0 aliphatic rings. The van der Waals surface area contributed by atoms with Gasteiger partial charge >= 0.3 is 0 Å². The van der Waals surface area contributed by atoms with Crippen molar-refractivity contribution in [3.05, 3.63) is 59.9 Å². The summed E-state index contributed by atoms with van der Waals surface area (Å²) in [6.07, 6.45) is 3.13. The minimum absolute atomic E-state index is 0.197. The first-order valence-corrected chi connectivity index (χ1v) is 5.01. The molecule has 0 bridgehead atoms. The van der Waals surface area contributed by atoms with Crippen molar-refractivity contribution in [1.29, 1.82) is 5.26 Å². The number of nitrogens with one attached hydrogen (secondary N) is 1. The van der Waals surface area contributed by atoms with E-state index >= 15 is 0 Å². The van der Waals surface area contributed by atoms with Gasteiger partial charge in [0.25, 0.3) is 5.91 Å². The zero-order chi connectivity index (χ0) is 12.1. The van der Waals surface area contributed by atoms with Crippen molar-refractivity contribution in [3.8, 4) is 6.07 Å². The predicted molar refractivity (Wildman–Crippen MR) is 63.3 cm³/mol. The Balaban J connectivity index is 2.11. The Morgan fingerprint density at radius 3 is 2.35 bits per heavy atom. The third kappa shape index (κ3) is 2.67. The van der Waals surface area contributed by atoms with Crippen LogP contribution < -0.4 is 5.32 Å². The molecule has 0 fully saturated rings. The first-order valence-electron chi connectivity index (χ1n) is 5.01. The van der Waals surface area contributed by atoms with E-state index in [-0.39, 0.29) is 5.91 Å². The van der Waals surface area contributed by atoms with Crippen molar-refractivity contribution in [2.24, 2.45) is 0 Å². The summed E-state index contributed by atoms with van der Waals surface area (Å²) in [5.41, 5.74) is 1.77. The molecule has 2 rings (SSSR count). The van der Waals surface area contributed by atoms with E-state index in [0.717, 1.165) is 0 Å². The van der Waals surface area contributed by atoms with Crippen molar-refractivity contribution >= 4 is 11.6 Å². The highest BCUT2D eigenvalue weighted by molar-refractivity contribution is 6.04. The molecule has 1 amide bonds. The second-order valence-corrected chi connectivity index (χ2v) is 3.38. The summed E-state index contributed by atoms with van der Waals surface area (Å²) in [4.78, 5) is 15.6. The van der Waals surface area contributed by atoms with Crippen LogP contribution in [-0.2, 0) is 0 Å². The lowest BCUT2D eigenvalue weighted by Gasteiger charge is -2.04. The topological polar surface area (TPSA) is 65.8 Å². The molecule has 1 N–H and O–H groups in total. The summed E-state index contributed by atoms with van der Waals surface area (Å²) in [6, 6.07) is 12.0. The number of benzene rings is 1. The molecule has 1 heterocycles. The van der Waals surface area contributed by atoms with E-state index in [1.165, 1.54) is 0 Å². The molecular formula is C13H9N3O. The van der Waals surface area contributed by atoms with Crippen LogP contribution in [0.2, 0.25) is 0 Å². The molecule has 0 spiro atoms. The summed E-state index contributed by atoms with van der Waals surface area (Å²) >= 11 is 0. The zero-order valence-corrected chi connectivity index (χ0v) is 8.92. The second-order valence-electron chi connectivity index (χ2n) is 3.38. The minimum atomic E-state index is -0.197. The second kappa shape index (κ2) is 4.90. The van der Waals surface area contributed by atoms with Crippen molar-refractivity contribution in [2.45, 2.75) is 0 Å². The summed E-state index contributed by atoms with van der Waals surface area (Å²) in [5.74, 6) is -0.197. The molecule has 1 aromatic carbocycles. The van der Waals surface area contributed by atoms with E-state index in [4.69, 9.17) is 5.26 Å². The highest BCUT2D eigenvalue weighted by Crippen LogP contribution is 2.10. The maximum absolute atomic E-state index is 11.8. The lowest BCUT2D eigenvalue weighted by atomic mass is 10.2. The third-order valence-electron chi connectivity index (χ3n) is 2.21. The molecule has 17 heavy (non-hydrogen) atoms. The average Bonchev–Trinajstić information content (AvgIpc) is 2.40. The number of rotatable bonds is 2. The maximum atomic E-state index is 11.8. The van der Waals surface area contributed by atoms with Crippen LogP contribution in [0.25, 0.3) is 0 Å². The number of amides is 1. The number of carbonyl (C=O) groups excluding carboxylic acids is 1. The standard InChI is InChI=1S/C13H9N3O/c14-9-10-1-3-12(4-2-10)16-13(17)11-5-7-15-8-6-11/h1-8H,(H,16,17). The highest BCUT2D eigenvalue weighted by atomic mass is 16.1. The quantitative estimate of drug-likeness (QED) is 0.848. The van der Waals surface area contributed by atoms with Crippen LogP contribution in [0.15, 0.2) is 48.8 Å². The van der Waals surface area contributed by atoms with Gasteiger partial charge in [0.15, 0.2) is 0 Å². The van der Waals surface area contributed by atoms with Crippen LogP contribution in [0.1, 0.15) is 15.9 Å². The molecule has 0 aliphatic carbocycles. The van der Waals surface area contributed by atoms with Gasteiger partial charge in [-0.3, -0.25) is 9.78 Å². The molecule has 4 heteroatoms. The lowest BCUT2D eigenvalue weighted by Crippen LogP contribution is -2.11. The Morgan fingerprint density at radius 1 is 1.12 bits per heavy atom. The van der Waals surface area contributed by atoms with Crippen molar-refractivity contribution in [1.82, 2.24) is 4.98 Å². The van der Waals surface area contributed by atoms with Gasteiger partial charge in [-0.25, -0.2) is 0 Å². The van der Waals surface area contributed by atoms with Crippen molar-refractivity contribution in [3.63, 3.8) is 0 Å². The largest absolute Gasteiger partial charge is 0.322 e. The monoisotopic (exact) mass is 223 g/mol. The number of hydrogen-bond acceptors (Lipinski definition) is 3. The normalized spacial score (nSPS) is 9.35. The van der Waals surface area contributed by atoms with Crippen LogP contribution in [0, 0.1) is 11.3 Å². The van der Waals surface area contributed by atoms with Gasteiger partial charge < -0.3 is 5.32 Å². The Hall–Kier alpha value is -2.67. The van der Waals surface area contributed by atoms with Gasteiger partial charge in [0.1, 0.15) is 0 Å². The van der Waals surface area contributed by atoms with Crippen molar-refractivity contribution in [2.75, 3.05) is 5.32 Å². The first kappa shape index (κ1) is 10.8. The number of hydrogen-bond donors (Lipinski definition) is 1. The number of carbonyl (C=O) groups is 1. The predicted octanol–water partition coefficient (Wildman–Crippen LogP) is 2.21. The van der Waals surface area contributed by atoms with Gasteiger partial charge in [0, 0.05) is 23.6 Å². The number of aromatic nitrogens is 1. The Labute approximate surface area is 98.5 Å². The molecule has 0 atom stereocenters. The number of nitriles is 1. The smallest absolute Gasteiger partial charge is 0.255 e. The Kier molecular flexibility index (Phi) is 3.13. The third-order valence-corrected chi connectivity index (χ3v) is 2.21. The van der Waals surface area contributed by atoms with Crippen molar-refractivity contribution < 1.29 is 4.79 Å². The van der Waals surface area contributed by atoms with Crippen LogP contribution >= 0.6 is 0 Å². The van der Waals surface area contributed by atoms with E-state index in [1.54, 1.807) is 48.8 Å². The molecule has 0 radical (unpaired) electrons. The SMILES string of the molecule is N#Cc1ccc(NC(=O)c2ccncc2)cc1. The van der Waals surface area contributed by atoms with E-state index in [0.29, 0.717) is 16.8 Å². The fourth-order valence-electron chi connectivity index (χ4n) is 1.33. The molecule has 2 aromatic rings. The Bertz CT molecular complexity index is 555. The molecule has 0 unspecified atom stereocenters. The molecule has 4 nitrogen and oxygen atoms in total. The van der Waals surface area contributed by atoms with E-state index in [1.807, 2.05) is 6.07 Å². The van der Waals surface area contributed by atoms with Crippen LogP contribution in [0.3, 0.4) is 0 Å². The van der Waals surface area contributed by atoms with Gasteiger partial charge in [-0.2, -0.15) is 5.26 Å². The first-order chi connectivity index (χ1) is 8.29. The summed E-state index contributed by atoms with van der Waals surface area (Å²) in [7, 11) is 0. The van der Waals surface area contributed by atoms with Gasteiger partial charge in [-0.1, -0.05) is 0 Å². The fourth-order valence-corrected chi connectivity index (χ4v) is 1.33. The molecule has 1 aromatic heterocycles. The average molecular weight is 223 g/mol. The maximum Gasteiger partial charge on any atom is 0.255 e. The van der Waals surface area contributed by atoms with E-state index in [9.17, 15) is 4.79 Å². The summed E-state index contributed by atoms with van der Waals surface area (Å²) in [6.45, 7) is 0. The number of anilines is 1. The zero-order valence-electron chi connectivity index (χ0n) is 8.92. The molecule has 0 saturated carbocycles. The number of nitrogens with zero attached hydrogens (tertiary/aromatic N) is 2. The summed E-state index contributed by atoms with van der Waals surface area (Å²) in [5, 5.41) is 11.4. The molecular weight excluding hydrogens is 214 g/mol. The van der Waals surface area contributed by atoms with E-state index < -0.39 is 0 Å². The van der Waals surface area contributed by atoms with Crippen LogP contribution in [-0.4, -0.2) is 10.9 Å². The lowest BCUT2D eigenvalue weighted by molar-refractivity contribution is 0.102. The molecule has 0 aliphatic heterocycles. The van der Waals surface area contributed by atoms with Gasteiger partial charge in [0.2, 0.25) is 0 Å². The molecule has 0 saturated heterocycles. The fraction of sp³-hybridized carbons (Fsp3) is 0. The summed E-state index contributed by atoms with van der Waals surface area (Å²) < 4.78 is 0. The van der Waals surface area contributed by atoms with Gasteiger partial charge in [-0.05, 0) is 36.4 Å². The number of pyridine rings is 1. The molecule has 82 valence electrons. The van der Waals surface area contributed by atoms with Crippen LogP contribution in [0.4, 0.5) is 5.69 Å². The highest BCUT2D eigenvalue weighted by Gasteiger charge is 2.04. The van der Waals surface area contributed by atoms with Gasteiger partial charge in [-0.15, -0.1) is 0 Å². The van der Waals surface area contributed by atoms with E-state index in [2.05, 4.69) is 10.3 Å². The Morgan fingerprint density at radius 2 is 1.76 bits per heavy atom. The minimum Gasteiger partial charge on any atom is -0.322 e.